The minimum Gasteiger partial charge on any atom is -0.309 e. The van der Waals surface area contributed by atoms with E-state index in [9.17, 15) is 4.79 Å². The van der Waals surface area contributed by atoms with Gasteiger partial charge in [0.05, 0.1) is 16.7 Å². The highest BCUT2D eigenvalue weighted by molar-refractivity contribution is 7.09. The van der Waals surface area contributed by atoms with Crippen LogP contribution in [0.15, 0.2) is 17.6 Å². The van der Waals surface area contributed by atoms with E-state index in [1.54, 1.807) is 11.3 Å². The quantitative estimate of drug-likeness (QED) is 0.918. The number of likely N-dealkylation sites (tertiary alicyclic amines) is 1. The van der Waals surface area contributed by atoms with E-state index in [1.165, 1.54) is 17.6 Å². The zero-order chi connectivity index (χ0) is 15.5. The number of nitrogens with one attached hydrogen (secondary N) is 1. The molecule has 0 spiro atoms. The first-order valence-corrected chi connectivity index (χ1v) is 8.50. The van der Waals surface area contributed by atoms with Gasteiger partial charge < -0.3 is 5.32 Å². The molecule has 0 radical (unpaired) electrons. The van der Waals surface area contributed by atoms with E-state index in [-0.39, 0.29) is 5.91 Å². The van der Waals surface area contributed by atoms with Gasteiger partial charge in [0.15, 0.2) is 5.82 Å². The fraction of sp³-hybridized carbons (Fsp3) is 0.533. The Balaban J connectivity index is 1.57. The van der Waals surface area contributed by atoms with E-state index in [2.05, 4.69) is 32.6 Å². The zero-order valence-electron chi connectivity index (χ0n) is 13.0. The summed E-state index contributed by atoms with van der Waals surface area (Å²) in [4.78, 5) is 18.1. The number of anilines is 1. The molecule has 7 heteroatoms. The monoisotopic (exact) mass is 319 g/mol. The molecule has 3 heterocycles. The van der Waals surface area contributed by atoms with Gasteiger partial charge >= 0.3 is 0 Å². The van der Waals surface area contributed by atoms with Crippen molar-refractivity contribution in [2.24, 2.45) is 0 Å². The topological polar surface area (TPSA) is 63.1 Å². The van der Waals surface area contributed by atoms with Crippen molar-refractivity contribution in [2.45, 2.75) is 39.3 Å². The standard InChI is InChI=1S/C15H21N5OS/c1-3-15-17-12(10-22-15)8-19-6-4-13(9-19)20-7-5-14(18-20)16-11(2)21/h5,7,10,13H,3-4,6,8-9H2,1-2H3,(H,16,18,21). The molecule has 0 saturated carbocycles. The van der Waals surface area contributed by atoms with Gasteiger partial charge in [-0.2, -0.15) is 5.10 Å². The SMILES string of the molecule is CCc1nc(CN2CCC(n3ccc(NC(C)=O)n3)C2)cs1. The Bertz CT molecular complexity index is 650. The van der Waals surface area contributed by atoms with Crippen LogP contribution in [-0.4, -0.2) is 38.7 Å². The molecule has 3 rings (SSSR count). The van der Waals surface area contributed by atoms with E-state index >= 15 is 0 Å². The van der Waals surface area contributed by atoms with Crippen LogP contribution in [0, 0.1) is 0 Å². The van der Waals surface area contributed by atoms with Crippen LogP contribution in [0.4, 0.5) is 5.82 Å². The lowest BCUT2D eigenvalue weighted by Gasteiger charge is -2.14. The predicted octanol–water partition coefficient (Wildman–Crippen LogP) is 2.31. The van der Waals surface area contributed by atoms with Crippen LogP contribution in [0.5, 0.6) is 0 Å². The first-order valence-electron chi connectivity index (χ1n) is 7.62. The maximum Gasteiger partial charge on any atom is 0.222 e. The summed E-state index contributed by atoms with van der Waals surface area (Å²) in [6, 6.07) is 2.21. The van der Waals surface area contributed by atoms with Crippen LogP contribution in [-0.2, 0) is 17.8 Å². The smallest absolute Gasteiger partial charge is 0.222 e. The number of thiazole rings is 1. The zero-order valence-corrected chi connectivity index (χ0v) is 13.8. The summed E-state index contributed by atoms with van der Waals surface area (Å²) >= 11 is 1.74. The number of aryl methyl sites for hydroxylation is 1. The van der Waals surface area contributed by atoms with Gasteiger partial charge in [-0.3, -0.25) is 14.4 Å². The third kappa shape index (κ3) is 3.53. The van der Waals surface area contributed by atoms with E-state index in [0.29, 0.717) is 11.9 Å². The first-order chi connectivity index (χ1) is 10.6. The van der Waals surface area contributed by atoms with Crippen LogP contribution < -0.4 is 5.32 Å². The van der Waals surface area contributed by atoms with Crippen molar-refractivity contribution >= 4 is 23.1 Å². The molecule has 1 N–H and O–H groups in total. The molecule has 1 saturated heterocycles. The van der Waals surface area contributed by atoms with Crippen molar-refractivity contribution < 1.29 is 4.79 Å². The summed E-state index contributed by atoms with van der Waals surface area (Å²) in [5.74, 6) is 0.534. The largest absolute Gasteiger partial charge is 0.309 e. The molecule has 1 aliphatic rings. The van der Waals surface area contributed by atoms with Gasteiger partial charge in [0.25, 0.3) is 0 Å². The van der Waals surface area contributed by atoms with Gasteiger partial charge in [0.1, 0.15) is 0 Å². The number of rotatable bonds is 5. The van der Waals surface area contributed by atoms with E-state index in [1.807, 2.05) is 16.9 Å². The normalized spacial score (nSPS) is 18.7. The molecular weight excluding hydrogens is 298 g/mol. The summed E-state index contributed by atoms with van der Waals surface area (Å²) in [6.07, 6.45) is 4.02. The van der Waals surface area contributed by atoms with Crippen molar-refractivity contribution in [3.05, 3.63) is 28.3 Å². The van der Waals surface area contributed by atoms with Crippen molar-refractivity contribution in [3.8, 4) is 0 Å². The molecule has 2 aromatic rings. The highest BCUT2D eigenvalue weighted by atomic mass is 32.1. The lowest BCUT2D eigenvalue weighted by molar-refractivity contribution is -0.114. The molecule has 0 bridgehead atoms. The van der Waals surface area contributed by atoms with Crippen LogP contribution in [0.3, 0.4) is 0 Å². The molecule has 2 aromatic heterocycles. The van der Waals surface area contributed by atoms with Gasteiger partial charge in [-0.15, -0.1) is 11.3 Å². The number of amides is 1. The Labute approximate surface area is 134 Å². The fourth-order valence-corrected chi connectivity index (χ4v) is 3.51. The van der Waals surface area contributed by atoms with Crippen LogP contribution in [0.2, 0.25) is 0 Å². The van der Waals surface area contributed by atoms with Crippen LogP contribution in [0.25, 0.3) is 0 Å². The van der Waals surface area contributed by atoms with E-state index < -0.39 is 0 Å². The number of carbonyl (C=O) groups is 1. The molecular formula is C15H21N5OS. The molecule has 118 valence electrons. The van der Waals surface area contributed by atoms with Crippen LogP contribution in [0.1, 0.15) is 37.0 Å². The van der Waals surface area contributed by atoms with Crippen LogP contribution >= 0.6 is 11.3 Å². The molecule has 6 nitrogen and oxygen atoms in total. The molecule has 1 amide bonds. The molecule has 1 atom stereocenters. The fourth-order valence-electron chi connectivity index (χ4n) is 2.77. The third-order valence-corrected chi connectivity index (χ3v) is 4.86. The van der Waals surface area contributed by atoms with E-state index in [4.69, 9.17) is 0 Å². The Kier molecular flexibility index (Phi) is 4.54. The summed E-state index contributed by atoms with van der Waals surface area (Å²) in [5.41, 5.74) is 1.17. The number of hydrogen-bond donors (Lipinski definition) is 1. The molecule has 1 unspecified atom stereocenters. The molecule has 0 aliphatic carbocycles. The summed E-state index contributed by atoms with van der Waals surface area (Å²) in [5, 5.41) is 10.5. The first kappa shape index (κ1) is 15.2. The van der Waals surface area contributed by atoms with Crippen molar-refractivity contribution in [1.82, 2.24) is 19.7 Å². The van der Waals surface area contributed by atoms with Gasteiger partial charge in [0, 0.05) is 44.2 Å². The highest BCUT2D eigenvalue weighted by Crippen LogP contribution is 2.24. The van der Waals surface area contributed by atoms with Crippen molar-refractivity contribution in [3.63, 3.8) is 0 Å². The summed E-state index contributed by atoms with van der Waals surface area (Å²) in [6.45, 7) is 6.57. The maximum atomic E-state index is 11.1. The number of hydrogen-bond acceptors (Lipinski definition) is 5. The summed E-state index contributed by atoms with van der Waals surface area (Å²) < 4.78 is 1.96. The Morgan fingerprint density at radius 2 is 2.41 bits per heavy atom. The number of nitrogens with zero attached hydrogens (tertiary/aromatic N) is 4. The third-order valence-electron chi connectivity index (χ3n) is 3.82. The number of aromatic nitrogens is 3. The Morgan fingerprint density at radius 3 is 3.14 bits per heavy atom. The van der Waals surface area contributed by atoms with Gasteiger partial charge in [-0.1, -0.05) is 6.92 Å². The number of carbonyl (C=O) groups excluding carboxylic acids is 1. The minimum absolute atomic E-state index is 0.0893. The molecule has 1 aliphatic heterocycles. The van der Waals surface area contributed by atoms with Gasteiger partial charge in [-0.25, -0.2) is 4.98 Å². The minimum atomic E-state index is -0.0893. The average molecular weight is 319 g/mol. The van der Waals surface area contributed by atoms with Crippen molar-refractivity contribution in [1.29, 1.82) is 0 Å². The van der Waals surface area contributed by atoms with Gasteiger partial charge in [0.2, 0.25) is 5.91 Å². The molecule has 0 aromatic carbocycles. The second-order valence-corrected chi connectivity index (χ2v) is 6.57. The highest BCUT2D eigenvalue weighted by Gasteiger charge is 2.25. The predicted molar refractivity (Wildman–Crippen MR) is 87.0 cm³/mol. The second-order valence-electron chi connectivity index (χ2n) is 5.63. The summed E-state index contributed by atoms with van der Waals surface area (Å²) in [7, 11) is 0. The molecule has 22 heavy (non-hydrogen) atoms. The Morgan fingerprint density at radius 1 is 1.55 bits per heavy atom. The average Bonchev–Trinajstić information content (AvgIpc) is 3.18. The van der Waals surface area contributed by atoms with Crippen molar-refractivity contribution in [2.75, 3.05) is 18.4 Å². The molecule has 1 fully saturated rings. The van der Waals surface area contributed by atoms with E-state index in [0.717, 1.165) is 32.5 Å². The second kappa shape index (κ2) is 6.58. The lowest BCUT2D eigenvalue weighted by atomic mass is 10.3. The Hall–Kier alpha value is -1.73. The van der Waals surface area contributed by atoms with Gasteiger partial charge in [-0.05, 0) is 12.8 Å². The maximum absolute atomic E-state index is 11.1. The lowest BCUT2D eigenvalue weighted by Crippen LogP contribution is -2.21.